The van der Waals surface area contributed by atoms with Gasteiger partial charge in [-0.15, -0.1) is 10.9 Å². The van der Waals surface area contributed by atoms with Crippen molar-refractivity contribution in [1.29, 1.82) is 0 Å². The summed E-state index contributed by atoms with van der Waals surface area (Å²) in [5, 5.41) is 0. The van der Waals surface area contributed by atoms with Gasteiger partial charge in [-0.2, -0.15) is 0 Å². The molecule has 10 heteroatoms. The molecule has 2 aromatic rings. The van der Waals surface area contributed by atoms with E-state index in [-0.39, 0.29) is 103 Å². The van der Waals surface area contributed by atoms with Crippen LogP contribution in [0.25, 0.3) is 10.9 Å². The van der Waals surface area contributed by atoms with Crippen LogP contribution in [0.3, 0.4) is 0 Å². The van der Waals surface area contributed by atoms with Crippen molar-refractivity contribution in [2.24, 2.45) is 0 Å². The van der Waals surface area contributed by atoms with Crippen molar-refractivity contribution in [3.63, 3.8) is 0 Å². The third kappa shape index (κ3) is 6.71. The molecule has 0 atom stereocenters. The Morgan fingerprint density at radius 3 is 0.958 bits per heavy atom. The first-order valence-electron chi connectivity index (χ1n) is 6.46. The van der Waals surface area contributed by atoms with Crippen LogP contribution >= 0.6 is 0 Å². The van der Waals surface area contributed by atoms with Crippen molar-refractivity contribution in [2.45, 2.75) is 0 Å². The van der Waals surface area contributed by atoms with Gasteiger partial charge in [0, 0.05) is 0 Å². The normalized spacial score (nSPS) is 12.6. The molecule has 0 aliphatic carbocycles. The van der Waals surface area contributed by atoms with Gasteiger partial charge < -0.3 is 25.9 Å². The monoisotopic (exact) mass is 392 g/mol. The molecule has 116 valence electrons. The fourth-order valence-electron chi connectivity index (χ4n) is 2.28. The van der Waals surface area contributed by atoms with Gasteiger partial charge in [0.2, 0.25) is 0 Å². The Kier molecular flexibility index (Phi) is 11.0. The number of benzene rings is 2. The minimum absolute atomic E-state index is 0. The molecule has 0 saturated carbocycles. The van der Waals surface area contributed by atoms with Crippen LogP contribution in [0.5, 0.6) is 0 Å². The molecular weight excluding hydrogens is 382 g/mol. The molecule has 0 fully saturated rings. The van der Waals surface area contributed by atoms with Crippen LogP contribution in [0.4, 0.5) is 25.9 Å². The molecule has 0 aliphatic heterocycles. The Morgan fingerprint density at radius 2 is 0.750 bits per heavy atom. The summed E-state index contributed by atoms with van der Waals surface area (Å²) in [4.78, 5) is 0. The molecule has 0 unspecified atom stereocenters. The molecule has 0 spiro atoms. The molecular formula is C14H10B2F6K2. The van der Waals surface area contributed by atoms with E-state index >= 15 is 0 Å². The van der Waals surface area contributed by atoms with Gasteiger partial charge in [0.05, 0.1) is 0 Å². The maximum absolute atomic E-state index is 13.4. The van der Waals surface area contributed by atoms with Gasteiger partial charge in [-0.3, -0.25) is 0 Å². The third-order valence-corrected chi connectivity index (χ3v) is 3.11. The number of halogens is 6. The van der Waals surface area contributed by atoms with Crippen molar-refractivity contribution in [2.75, 3.05) is 0 Å². The predicted molar refractivity (Wildman–Crippen MR) is 77.9 cm³/mol. The molecule has 2 rings (SSSR count). The van der Waals surface area contributed by atoms with Gasteiger partial charge >= 0.3 is 117 Å². The van der Waals surface area contributed by atoms with Crippen molar-refractivity contribution >= 4 is 24.9 Å². The molecule has 0 heterocycles. The average molecular weight is 392 g/mol. The molecule has 0 saturated heterocycles. The van der Waals surface area contributed by atoms with E-state index in [4.69, 9.17) is 0 Å². The van der Waals surface area contributed by atoms with E-state index in [9.17, 15) is 25.9 Å². The fourth-order valence-corrected chi connectivity index (χ4v) is 2.28. The van der Waals surface area contributed by atoms with Gasteiger partial charge in [0.1, 0.15) is 0 Å². The average Bonchev–Trinajstić information content (AvgIpc) is 2.44. The Labute approximate surface area is 221 Å². The maximum Gasteiger partial charge on any atom is 1.00 e. The molecule has 0 nitrogen and oxygen atoms in total. The van der Waals surface area contributed by atoms with Crippen LogP contribution in [0.1, 0.15) is 11.1 Å². The molecule has 24 heavy (non-hydrogen) atoms. The van der Waals surface area contributed by atoms with E-state index in [0.29, 0.717) is 0 Å². The molecule has 0 aliphatic rings. The van der Waals surface area contributed by atoms with E-state index in [1.54, 1.807) is 0 Å². The minimum atomic E-state index is -5.84. The fraction of sp³-hybridized carbons (Fsp3) is 0. The maximum atomic E-state index is 13.4. The quantitative estimate of drug-likeness (QED) is 0.370. The van der Waals surface area contributed by atoms with Gasteiger partial charge in [0.15, 0.2) is 0 Å². The van der Waals surface area contributed by atoms with E-state index < -0.39 is 36.0 Å². The summed E-state index contributed by atoms with van der Waals surface area (Å²) >= 11 is 0. The molecule has 2 aromatic carbocycles. The van der Waals surface area contributed by atoms with Crippen LogP contribution in [0.15, 0.2) is 60.7 Å². The van der Waals surface area contributed by atoms with Gasteiger partial charge in [-0.25, -0.2) is 0 Å². The van der Waals surface area contributed by atoms with Crippen LogP contribution in [0.2, 0.25) is 0 Å². The second-order valence-corrected chi connectivity index (χ2v) is 4.71. The molecule has 0 radical (unpaired) electrons. The molecule has 0 aromatic heterocycles. The smallest absolute Gasteiger partial charge is 0.445 e. The second kappa shape index (κ2) is 10.5. The summed E-state index contributed by atoms with van der Waals surface area (Å²) in [6.07, 6.45) is 0. The second-order valence-electron chi connectivity index (χ2n) is 4.71. The Morgan fingerprint density at radius 1 is 0.500 bits per heavy atom. The summed E-state index contributed by atoms with van der Waals surface area (Å²) in [5.74, 6) is 0. The molecule has 0 N–H and O–H groups in total. The summed E-state index contributed by atoms with van der Waals surface area (Å²) in [6.45, 7) is -11.7. The van der Waals surface area contributed by atoms with Crippen molar-refractivity contribution in [3.05, 3.63) is 71.8 Å². The van der Waals surface area contributed by atoms with Crippen molar-refractivity contribution in [3.8, 4) is 0 Å². The first-order valence-corrected chi connectivity index (χ1v) is 6.46. The number of hydrogen-bond acceptors (Lipinski definition) is 0. The van der Waals surface area contributed by atoms with E-state index in [2.05, 4.69) is 0 Å². The summed E-state index contributed by atoms with van der Waals surface area (Å²) in [7, 11) is 0. The summed E-state index contributed by atoms with van der Waals surface area (Å²) in [6, 6.07) is 12.2. The van der Waals surface area contributed by atoms with Crippen molar-refractivity contribution < 1.29 is 129 Å². The van der Waals surface area contributed by atoms with E-state index in [0.717, 1.165) is 24.3 Å². The largest absolute Gasteiger partial charge is 1.00 e. The van der Waals surface area contributed by atoms with E-state index in [1.807, 2.05) is 0 Å². The van der Waals surface area contributed by atoms with Crippen LogP contribution in [-0.2, 0) is 0 Å². The zero-order chi connectivity index (χ0) is 16.4. The molecule has 0 amide bonds. The van der Waals surface area contributed by atoms with Crippen molar-refractivity contribution in [1.82, 2.24) is 0 Å². The third-order valence-electron chi connectivity index (χ3n) is 3.11. The Bertz CT molecular complexity index is 610. The van der Waals surface area contributed by atoms with Gasteiger partial charge in [-0.1, -0.05) is 71.8 Å². The van der Waals surface area contributed by atoms with Gasteiger partial charge in [0.25, 0.3) is 0 Å². The zero-order valence-electron chi connectivity index (χ0n) is 13.2. The summed E-state index contributed by atoms with van der Waals surface area (Å²) < 4.78 is 80.3. The van der Waals surface area contributed by atoms with Crippen LogP contribution in [0, 0.1) is 0 Å². The summed E-state index contributed by atoms with van der Waals surface area (Å²) in [5.41, 5.74) is -4.15. The Balaban J connectivity index is 0.00000264. The van der Waals surface area contributed by atoms with Crippen LogP contribution in [-0.4, -0.2) is 14.0 Å². The number of hydrogen-bond donors (Lipinski definition) is 0. The van der Waals surface area contributed by atoms with E-state index in [1.165, 1.54) is 36.4 Å². The first kappa shape index (κ1) is 25.2. The minimum Gasteiger partial charge on any atom is -0.445 e. The number of rotatable bonds is 4. The molecule has 0 bridgehead atoms. The standard InChI is InChI=1S/C14H10B2F6.2K/c17-15(18,19)13(11-7-3-1-4-8-11)14(16(20,21)22)12-9-5-2-6-10-12;;/h1-10H;;/q-2;2*+1/b14-13-;;. The zero-order valence-corrected chi connectivity index (χ0v) is 19.4. The van der Waals surface area contributed by atoms with Gasteiger partial charge in [-0.05, 0) is 0 Å². The first-order chi connectivity index (χ1) is 10.2. The SMILES string of the molecule is F[B-](F)(F)/C(=C(/c1ccccc1)[B-](F)(F)F)c1ccccc1.[K+].[K+]. The topological polar surface area (TPSA) is 0 Å². The predicted octanol–water partition coefficient (Wildman–Crippen LogP) is -0.621. The Hall–Kier alpha value is 1.16. The van der Waals surface area contributed by atoms with Crippen LogP contribution < -0.4 is 103 Å².